The molecule has 0 aliphatic heterocycles. The fraction of sp³-hybridized carbons (Fsp3) is 1.00. The van der Waals surface area contributed by atoms with Gasteiger partial charge in [0.2, 0.25) is 0 Å². The van der Waals surface area contributed by atoms with Crippen LogP contribution < -0.4 is 40.7 Å². The van der Waals surface area contributed by atoms with Gasteiger partial charge in [0.15, 0.2) is 13.2 Å². The summed E-state index contributed by atoms with van der Waals surface area (Å²) in [5.41, 5.74) is 10.3. The van der Waals surface area contributed by atoms with Crippen LogP contribution in [0.2, 0.25) is 0 Å². The van der Waals surface area contributed by atoms with E-state index in [-0.39, 0.29) is 17.1 Å². The van der Waals surface area contributed by atoms with Crippen molar-refractivity contribution in [3.8, 4) is 0 Å². The van der Waals surface area contributed by atoms with Gasteiger partial charge in [-0.05, 0) is 0 Å². The third kappa shape index (κ3) is 78.9. The number of hydrogen-bond acceptors (Lipinski definition) is 8. The molecule has 0 unspecified atom stereocenters. The average molecular weight is 373 g/mol. The summed E-state index contributed by atoms with van der Waals surface area (Å²) in [5, 5.41) is 19.3. The number of rotatable bonds is 8. The van der Waals surface area contributed by atoms with Gasteiger partial charge >= 0.3 is 17.1 Å². The fourth-order valence-corrected chi connectivity index (χ4v) is 0.631. The van der Waals surface area contributed by atoms with Gasteiger partial charge in [-0.1, -0.05) is 0 Å². The molecule has 0 amide bonds. The summed E-state index contributed by atoms with van der Waals surface area (Å²) < 4.78 is 34.0. The second kappa shape index (κ2) is 24.4. The summed E-state index contributed by atoms with van der Waals surface area (Å²) in [7, 11) is -4.94. The Morgan fingerprint density at radius 1 is 0.750 bits per heavy atom. The molecule has 0 aromatic carbocycles. The van der Waals surface area contributed by atoms with E-state index in [1.54, 1.807) is 0 Å². The van der Waals surface area contributed by atoms with E-state index in [1.807, 2.05) is 0 Å². The molecule has 0 spiro atoms. The van der Waals surface area contributed by atoms with Crippen molar-refractivity contribution in [2.75, 3.05) is 52.5 Å². The van der Waals surface area contributed by atoms with Gasteiger partial charge < -0.3 is 32.3 Å². The summed E-state index contributed by atoms with van der Waals surface area (Å²) >= 11 is 0. The fourth-order valence-electron chi connectivity index (χ4n) is 0.631. The number of nitrogens with one attached hydrogen (secondary N) is 2. The van der Waals surface area contributed by atoms with Crippen LogP contribution in [0, 0.1) is 10.2 Å². The van der Waals surface area contributed by atoms with Crippen molar-refractivity contribution in [2.24, 2.45) is 11.5 Å². The Labute approximate surface area is 131 Å². The molecule has 10 N–H and O–H groups in total. The third-order valence-electron chi connectivity index (χ3n) is 1.25. The van der Waals surface area contributed by atoms with Crippen molar-refractivity contribution in [1.29, 1.82) is 0 Å². The molecule has 0 bridgehead atoms. The van der Waals surface area contributed by atoms with Crippen LogP contribution in [0.4, 0.5) is 0 Å². The molecule has 0 aliphatic carbocycles. The molecule has 0 heterocycles. The van der Waals surface area contributed by atoms with E-state index in [0.717, 1.165) is 26.2 Å². The molecule has 20 heavy (non-hydrogen) atoms. The van der Waals surface area contributed by atoms with E-state index in [0.29, 0.717) is 26.3 Å². The Morgan fingerprint density at radius 3 is 1.15 bits per heavy atom. The zero-order chi connectivity index (χ0) is 15.6. The van der Waals surface area contributed by atoms with Crippen molar-refractivity contribution >= 4 is 0 Å². The quantitative estimate of drug-likeness (QED) is 0.181. The summed E-state index contributed by atoms with van der Waals surface area (Å²) in [5.74, 6) is 0. The molecule has 0 saturated carbocycles. The van der Waals surface area contributed by atoms with Gasteiger partial charge in [-0.3, -0.25) is 0 Å². The molecule has 10 nitrogen and oxygen atoms in total. The molecule has 0 aromatic heterocycles. The van der Waals surface area contributed by atoms with E-state index in [4.69, 9.17) is 40.3 Å². The van der Waals surface area contributed by atoms with E-state index in [1.165, 1.54) is 0 Å². The molecule has 1 radical (unpaired) electrons. The Bertz CT molecular complexity index is 133. The largest absolute Gasteiger partial charge is 2.00 e. The van der Waals surface area contributed by atoms with Gasteiger partial charge in [-0.25, -0.2) is 18.6 Å². The first kappa shape index (κ1) is 28.6. The van der Waals surface area contributed by atoms with Gasteiger partial charge in [-0.2, -0.15) is 0 Å². The van der Waals surface area contributed by atoms with Crippen molar-refractivity contribution in [3.63, 3.8) is 0 Å². The van der Waals surface area contributed by atoms with Crippen molar-refractivity contribution < 1.29 is 56.2 Å². The summed E-state index contributed by atoms with van der Waals surface area (Å²) in [4.78, 5) is 0. The Morgan fingerprint density at radius 2 is 1.00 bits per heavy atom. The Balaban J connectivity index is -0.0000000952. The van der Waals surface area contributed by atoms with Crippen LogP contribution in [0.5, 0.6) is 0 Å². The zero-order valence-electron chi connectivity index (χ0n) is 11.1. The molecule has 0 aliphatic rings. The molecule has 0 rings (SSSR count). The number of nitrogens with two attached hydrogens (primary N) is 2. The summed E-state index contributed by atoms with van der Waals surface area (Å²) in [6, 6.07) is 0. The van der Waals surface area contributed by atoms with Crippen LogP contribution in [0.1, 0.15) is 0 Å². The van der Waals surface area contributed by atoms with Crippen LogP contribution in [0.25, 0.3) is 0 Å². The van der Waals surface area contributed by atoms with Gasteiger partial charge in [0.1, 0.15) is 0 Å². The van der Waals surface area contributed by atoms with Crippen molar-refractivity contribution in [1.82, 2.24) is 10.6 Å². The molecule has 12 heteroatoms. The van der Waals surface area contributed by atoms with Crippen LogP contribution in [0.15, 0.2) is 0 Å². The maximum absolute atomic E-state index is 8.49. The van der Waals surface area contributed by atoms with Gasteiger partial charge in [-0.15, -0.1) is 10.2 Å². The molecule has 0 atom stereocenters. The Kier molecular flexibility index (Phi) is 34.9. The van der Waals surface area contributed by atoms with Gasteiger partial charge in [0.25, 0.3) is 0 Å². The van der Waals surface area contributed by atoms with Gasteiger partial charge in [0.05, 0.1) is 13.1 Å². The number of halogens is 1. The summed E-state index contributed by atoms with van der Waals surface area (Å²) in [6.45, 7) is 5.41. The third-order valence-corrected chi connectivity index (χ3v) is 1.25. The van der Waals surface area contributed by atoms with E-state index in [2.05, 4.69) is 10.6 Å². The minimum absolute atomic E-state index is 0. The summed E-state index contributed by atoms with van der Waals surface area (Å²) in [6.07, 6.45) is 0. The average Bonchev–Trinajstić information content (AvgIpc) is 2.29. The first-order chi connectivity index (χ1) is 8.83. The van der Waals surface area contributed by atoms with Crippen molar-refractivity contribution in [3.05, 3.63) is 0 Å². The Hall–Kier alpha value is 0.409. The predicted octanol–water partition coefficient (Wildman–Crippen LogP) is -8.24. The second-order valence-corrected chi connectivity index (χ2v) is 3.71. The maximum Gasteiger partial charge on any atom is 2.00 e. The van der Waals surface area contributed by atoms with Crippen LogP contribution in [-0.4, -0.2) is 62.7 Å². The van der Waals surface area contributed by atoms with Crippen LogP contribution in [0.3, 0.4) is 0 Å². The van der Waals surface area contributed by atoms with E-state index >= 15 is 0 Å². The smallest absolute Gasteiger partial charge is 0.444 e. The minimum atomic E-state index is -4.94. The van der Waals surface area contributed by atoms with E-state index < -0.39 is 10.2 Å². The molecule has 129 valence electrons. The van der Waals surface area contributed by atoms with E-state index in [9.17, 15) is 0 Å². The molecule has 0 aromatic rings. The minimum Gasteiger partial charge on any atom is -0.444 e. The van der Waals surface area contributed by atoms with Crippen molar-refractivity contribution in [2.45, 2.75) is 0 Å². The topological polar surface area (TPSA) is 214 Å². The molecule has 0 saturated heterocycles. The molecular formula is C8H26ClCuN4O6+3. The normalized spacial score (nSPS) is 9.60. The van der Waals surface area contributed by atoms with Crippen LogP contribution in [-0.2, 0) is 17.1 Å². The first-order valence-corrected chi connectivity index (χ1v) is 6.79. The standard InChI is InChI=1S/2C4H12N2O.ClHO4.Cu/c2*5-1-2-6-3-4-7;2-1(3,4)5;/h2*6-7H,1-5H2;(H,2,3,4,5);/q;;;+2/p+1. The monoisotopic (exact) mass is 372 g/mol. The first-order valence-electron chi connectivity index (χ1n) is 5.56. The molecule has 0 fully saturated rings. The molecular weight excluding hydrogens is 347 g/mol. The zero-order valence-corrected chi connectivity index (χ0v) is 12.8. The maximum atomic E-state index is 8.49. The SMILES string of the molecule is NCCNCC[OH2+].NCCNCC[OH2+].[Cu+2].[O-][Cl+3]([O-])([O-])[O-]. The van der Waals surface area contributed by atoms with Gasteiger partial charge in [0, 0.05) is 26.2 Å². The second-order valence-electron chi connectivity index (χ2n) is 2.96. The van der Waals surface area contributed by atoms with Crippen LogP contribution >= 0.6 is 0 Å². The predicted molar refractivity (Wildman–Crippen MR) is 60.8 cm³/mol. The number of hydrogen-bond donors (Lipinski definition) is 4.